The van der Waals surface area contributed by atoms with Crippen LogP contribution in [0.2, 0.25) is 0 Å². The van der Waals surface area contributed by atoms with Gasteiger partial charge in [0.05, 0.1) is 13.7 Å². The smallest absolute Gasteiger partial charge is 0.322 e. The normalized spacial score (nSPS) is 12.3. The molecular weight excluding hydrogens is 268 g/mol. The average molecular weight is 287 g/mol. The molecule has 1 unspecified atom stereocenters. The Morgan fingerprint density at radius 3 is 2.65 bits per heavy atom. The molecule has 0 fully saturated rings. The molecule has 1 atom stereocenters. The number of methoxy groups -OCH3 is 1. The summed E-state index contributed by atoms with van der Waals surface area (Å²) in [4.78, 5) is 11.5. The van der Waals surface area contributed by atoms with E-state index in [0.29, 0.717) is 6.42 Å². The molecule has 6 heteroatoms. The van der Waals surface area contributed by atoms with Crippen molar-refractivity contribution in [1.29, 1.82) is 0 Å². The van der Waals surface area contributed by atoms with Crippen LogP contribution in [0.15, 0.2) is 18.2 Å². The van der Waals surface area contributed by atoms with E-state index in [1.165, 1.54) is 19.2 Å². The van der Waals surface area contributed by atoms with Crippen molar-refractivity contribution in [2.45, 2.75) is 32.4 Å². The molecule has 112 valence electrons. The van der Waals surface area contributed by atoms with Gasteiger partial charge < -0.3 is 14.8 Å². The van der Waals surface area contributed by atoms with Crippen LogP contribution in [-0.4, -0.2) is 31.8 Å². The van der Waals surface area contributed by atoms with E-state index in [9.17, 15) is 13.6 Å². The summed E-state index contributed by atoms with van der Waals surface area (Å²) in [6, 6.07) is 3.25. The number of carbonyl (C=O) groups excluding carboxylic acids is 1. The maximum atomic E-state index is 13.4. The molecule has 1 aromatic rings. The topological polar surface area (TPSA) is 47.6 Å². The second-order valence-corrected chi connectivity index (χ2v) is 4.59. The molecule has 0 spiro atoms. The highest BCUT2D eigenvalue weighted by Gasteiger charge is 2.20. The van der Waals surface area contributed by atoms with Crippen LogP contribution in [0.3, 0.4) is 0 Å². The van der Waals surface area contributed by atoms with Gasteiger partial charge in [-0.1, -0.05) is 19.9 Å². The zero-order valence-electron chi connectivity index (χ0n) is 11.8. The maximum absolute atomic E-state index is 13.4. The fraction of sp³-hybridized carbons (Fsp3) is 0.500. The first-order valence-corrected chi connectivity index (χ1v) is 6.36. The number of halogens is 2. The molecule has 0 radical (unpaired) electrons. The lowest BCUT2D eigenvalue weighted by atomic mass is 10.2. The Hall–Kier alpha value is -1.69. The monoisotopic (exact) mass is 287 g/mol. The Morgan fingerprint density at radius 1 is 1.35 bits per heavy atom. The molecule has 0 aliphatic carbocycles. The molecule has 1 N–H and O–H groups in total. The van der Waals surface area contributed by atoms with Crippen LogP contribution in [0.4, 0.5) is 8.78 Å². The molecule has 0 saturated carbocycles. The molecular formula is C14H19F2NO3. The van der Waals surface area contributed by atoms with E-state index in [1.807, 2.05) is 13.8 Å². The largest absolute Gasteiger partial charge is 0.490 e. The summed E-state index contributed by atoms with van der Waals surface area (Å²) in [6.07, 6.45) is 0.292. The first-order chi connectivity index (χ1) is 9.45. The van der Waals surface area contributed by atoms with Crippen molar-refractivity contribution in [3.8, 4) is 5.75 Å². The second-order valence-electron chi connectivity index (χ2n) is 4.59. The van der Waals surface area contributed by atoms with E-state index >= 15 is 0 Å². The van der Waals surface area contributed by atoms with Crippen molar-refractivity contribution < 1.29 is 23.0 Å². The standard InChI is InChI=1S/C14H19F2NO3/c1-9(2)17-11(14(18)19-3)7-8-20-12-6-4-5-10(15)13(12)16/h4-6,9,11,17H,7-8H2,1-3H3. The molecule has 0 aliphatic rings. The van der Waals surface area contributed by atoms with Gasteiger partial charge in [0.2, 0.25) is 5.82 Å². The highest BCUT2D eigenvalue weighted by atomic mass is 19.2. The summed E-state index contributed by atoms with van der Waals surface area (Å²) in [7, 11) is 1.30. The third kappa shape index (κ3) is 4.77. The molecule has 0 bridgehead atoms. The summed E-state index contributed by atoms with van der Waals surface area (Å²) in [6.45, 7) is 3.85. The highest BCUT2D eigenvalue weighted by Crippen LogP contribution is 2.19. The van der Waals surface area contributed by atoms with E-state index < -0.39 is 23.6 Å². The number of ether oxygens (including phenoxy) is 2. The molecule has 20 heavy (non-hydrogen) atoms. The summed E-state index contributed by atoms with van der Waals surface area (Å²) in [5, 5.41) is 3.02. The number of hydrogen-bond donors (Lipinski definition) is 1. The van der Waals surface area contributed by atoms with Crippen LogP contribution >= 0.6 is 0 Å². The summed E-state index contributed by atoms with van der Waals surface area (Å²) in [5.41, 5.74) is 0. The summed E-state index contributed by atoms with van der Waals surface area (Å²) in [5.74, 6) is -2.58. The van der Waals surface area contributed by atoms with Gasteiger partial charge in [0.1, 0.15) is 6.04 Å². The molecule has 0 amide bonds. The molecule has 0 heterocycles. The van der Waals surface area contributed by atoms with Gasteiger partial charge >= 0.3 is 5.97 Å². The Balaban J connectivity index is 2.55. The zero-order valence-corrected chi connectivity index (χ0v) is 11.8. The fourth-order valence-corrected chi connectivity index (χ4v) is 1.70. The SMILES string of the molecule is COC(=O)C(CCOc1cccc(F)c1F)NC(C)C. The van der Waals surface area contributed by atoms with E-state index in [4.69, 9.17) is 4.74 Å². The predicted octanol–water partition coefficient (Wildman–Crippen LogP) is 2.27. The van der Waals surface area contributed by atoms with E-state index in [1.54, 1.807) is 0 Å². The predicted molar refractivity (Wildman–Crippen MR) is 70.5 cm³/mol. The van der Waals surface area contributed by atoms with Crippen molar-refractivity contribution >= 4 is 5.97 Å². The third-order valence-electron chi connectivity index (χ3n) is 2.60. The minimum atomic E-state index is -1.03. The van der Waals surface area contributed by atoms with Crippen molar-refractivity contribution in [3.05, 3.63) is 29.8 Å². The number of nitrogens with one attached hydrogen (secondary N) is 1. The molecule has 0 aromatic heterocycles. The zero-order chi connectivity index (χ0) is 15.1. The third-order valence-corrected chi connectivity index (χ3v) is 2.60. The van der Waals surface area contributed by atoms with Crippen molar-refractivity contribution in [2.75, 3.05) is 13.7 Å². The van der Waals surface area contributed by atoms with Gasteiger partial charge in [-0.25, -0.2) is 4.39 Å². The quantitative estimate of drug-likeness (QED) is 0.782. The molecule has 0 aliphatic heterocycles. The van der Waals surface area contributed by atoms with Crippen LogP contribution < -0.4 is 10.1 Å². The van der Waals surface area contributed by atoms with E-state index in [2.05, 4.69) is 10.1 Å². The Kier molecular flexibility index (Phi) is 6.38. The Bertz CT molecular complexity index is 452. The van der Waals surface area contributed by atoms with Crippen LogP contribution in [0.25, 0.3) is 0 Å². The summed E-state index contributed by atoms with van der Waals surface area (Å²) < 4.78 is 36.2. The van der Waals surface area contributed by atoms with Crippen molar-refractivity contribution in [2.24, 2.45) is 0 Å². The van der Waals surface area contributed by atoms with Gasteiger partial charge in [-0.05, 0) is 12.1 Å². The number of carbonyl (C=O) groups is 1. The number of rotatable bonds is 7. The Morgan fingerprint density at radius 2 is 2.05 bits per heavy atom. The van der Waals surface area contributed by atoms with Gasteiger partial charge in [0.25, 0.3) is 0 Å². The highest BCUT2D eigenvalue weighted by molar-refractivity contribution is 5.75. The average Bonchev–Trinajstić information content (AvgIpc) is 2.41. The minimum absolute atomic E-state index is 0.0693. The van der Waals surface area contributed by atoms with E-state index in [-0.39, 0.29) is 18.4 Å². The van der Waals surface area contributed by atoms with Gasteiger partial charge in [-0.15, -0.1) is 0 Å². The van der Waals surface area contributed by atoms with Crippen molar-refractivity contribution in [3.63, 3.8) is 0 Å². The molecule has 4 nitrogen and oxygen atoms in total. The first-order valence-electron chi connectivity index (χ1n) is 6.36. The number of benzene rings is 1. The second kappa shape index (κ2) is 7.79. The lowest BCUT2D eigenvalue weighted by Crippen LogP contribution is -2.42. The van der Waals surface area contributed by atoms with Crippen LogP contribution in [-0.2, 0) is 9.53 Å². The van der Waals surface area contributed by atoms with Crippen LogP contribution in [0.1, 0.15) is 20.3 Å². The first kappa shape index (κ1) is 16.4. The van der Waals surface area contributed by atoms with Gasteiger partial charge in [-0.2, -0.15) is 4.39 Å². The fourth-order valence-electron chi connectivity index (χ4n) is 1.70. The van der Waals surface area contributed by atoms with Gasteiger partial charge in [0.15, 0.2) is 11.6 Å². The van der Waals surface area contributed by atoms with Gasteiger partial charge in [0, 0.05) is 12.5 Å². The molecule has 1 aromatic carbocycles. The van der Waals surface area contributed by atoms with Crippen LogP contribution in [0, 0.1) is 11.6 Å². The van der Waals surface area contributed by atoms with Gasteiger partial charge in [-0.3, -0.25) is 4.79 Å². The number of esters is 1. The van der Waals surface area contributed by atoms with Crippen LogP contribution in [0.5, 0.6) is 5.75 Å². The summed E-state index contributed by atoms with van der Waals surface area (Å²) >= 11 is 0. The molecule has 1 rings (SSSR count). The van der Waals surface area contributed by atoms with Crippen molar-refractivity contribution in [1.82, 2.24) is 5.32 Å². The minimum Gasteiger partial charge on any atom is -0.490 e. The Labute approximate surface area is 117 Å². The van der Waals surface area contributed by atoms with E-state index in [0.717, 1.165) is 6.07 Å². The lowest BCUT2D eigenvalue weighted by Gasteiger charge is -2.19. The lowest BCUT2D eigenvalue weighted by molar-refractivity contribution is -0.143. The molecule has 0 saturated heterocycles. The number of hydrogen-bond acceptors (Lipinski definition) is 4. The maximum Gasteiger partial charge on any atom is 0.322 e.